The van der Waals surface area contributed by atoms with E-state index in [1.165, 1.54) is 4.90 Å². The molecule has 0 aliphatic carbocycles. The molecule has 1 heterocycles. The predicted molar refractivity (Wildman–Crippen MR) is 143 cm³/mol. The Balaban J connectivity index is 1.85. The van der Waals surface area contributed by atoms with Gasteiger partial charge in [-0.2, -0.15) is 0 Å². The first-order valence-corrected chi connectivity index (χ1v) is 12.5. The zero-order valence-corrected chi connectivity index (χ0v) is 21.6. The Morgan fingerprint density at radius 1 is 0.806 bits per heavy atom. The number of nitrogens with zero attached hydrogens (tertiary/aromatic N) is 2. The van der Waals surface area contributed by atoms with Crippen molar-refractivity contribution in [3.63, 3.8) is 0 Å². The molecule has 1 aliphatic rings. The molecule has 3 aromatic rings. The van der Waals surface area contributed by atoms with Gasteiger partial charge in [-0.05, 0) is 24.1 Å². The molecule has 186 valence electrons. The van der Waals surface area contributed by atoms with Crippen molar-refractivity contribution in [2.24, 2.45) is 11.8 Å². The highest BCUT2D eigenvalue weighted by Crippen LogP contribution is 2.43. The highest BCUT2D eigenvalue weighted by molar-refractivity contribution is 6.31. The number of likely N-dealkylation sites (N-methyl/N-ethyl adjacent to an activating group) is 1. The summed E-state index contributed by atoms with van der Waals surface area (Å²) in [5.41, 5.74) is 2.97. The Bertz CT molecular complexity index is 1180. The van der Waals surface area contributed by atoms with Gasteiger partial charge in [0.1, 0.15) is 0 Å². The second-order valence-electron chi connectivity index (χ2n) is 9.64. The normalized spacial score (nSPS) is 18.6. The summed E-state index contributed by atoms with van der Waals surface area (Å²) in [4.78, 5) is 44.1. The Morgan fingerprint density at radius 3 is 1.78 bits per heavy atom. The lowest BCUT2D eigenvalue weighted by Crippen LogP contribution is -2.52. The van der Waals surface area contributed by atoms with Gasteiger partial charge in [-0.1, -0.05) is 84.4 Å². The van der Waals surface area contributed by atoms with E-state index in [1.807, 2.05) is 90.7 Å². The van der Waals surface area contributed by atoms with Crippen molar-refractivity contribution in [3.05, 3.63) is 106 Å². The number of amides is 1. The molecule has 1 aliphatic heterocycles. The first kappa shape index (κ1) is 25.8. The van der Waals surface area contributed by atoms with Crippen LogP contribution < -0.4 is 0 Å². The van der Waals surface area contributed by atoms with Crippen molar-refractivity contribution in [2.75, 3.05) is 33.7 Å². The van der Waals surface area contributed by atoms with Gasteiger partial charge in [0.2, 0.25) is 5.91 Å². The highest BCUT2D eigenvalue weighted by Gasteiger charge is 2.45. The first-order valence-electron chi connectivity index (χ1n) is 12.1. The summed E-state index contributed by atoms with van der Waals surface area (Å²) in [6.45, 7) is 2.84. The SMILES string of the molecule is Cc1c(Cl)cccc1C1[C@@H](C(=O)c2ccccc2)CN(CC(=O)N(C)C)C[C@@H]1C(=O)c1ccccc1. The molecular formula is C30H31ClN2O3. The van der Waals surface area contributed by atoms with Crippen LogP contribution in [-0.2, 0) is 4.79 Å². The zero-order valence-electron chi connectivity index (χ0n) is 20.9. The maximum Gasteiger partial charge on any atom is 0.236 e. The van der Waals surface area contributed by atoms with E-state index < -0.39 is 11.8 Å². The lowest BCUT2D eigenvalue weighted by molar-refractivity contribution is -0.130. The molecule has 4 rings (SSSR count). The number of halogens is 1. The minimum Gasteiger partial charge on any atom is -0.348 e. The van der Waals surface area contributed by atoms with Crippen LogP contribution >= 0.6 is 11.6 Å². The molecule has 5 nitrogen and oxygen atoms in total. The summed E-state index contributed by atoms with van der Waals surface area (Å²) < 4.78 is 0. The number of benzene rings is 3. The van der Waals surface area contributed by atoms with Gasteiger partial charge in [0, 0.05) is 61.1 Å². The summed E-state index contributed by atoms with van der Waals surface area (Å²) in [5.74, 6) is -1.56. The third kappa shape index (κ3) is 5.43. The number of Topliss-reactive ketones (excluding diaryl/α,β-unsaturated/α-hetero) is 2. The number of hydrogen-bond donors (Lipinski definition) is 0. The van der Waals surface area contributed by atoms with E-state index >= 15 is 0 Å². The molecule has 0 saturated carbocycles. The van der Waals surface area contributed by atoms with E-state index in [9.17, 15) is 14.4 Å². The van der Waals surface area contributed by atoms with Crippen LogP contribution in [0.4, 0.5) is 0 Å². The second kappa shape index (κ2) is 11.2. The fourth-order valence-corrected chi connectivity index (χ4v) is 5.33. The summed E-state index contributed by atoms with van der Waals surface area (Å²) in [5, 5.41) is 0.606. The molecule has 0 radical (unpaired) electrons. The number of ketones is 2. The Morgan fingerprint density at radius 2 is 1.31 bits per heavy atom. The van der Waals surface area contributed by atoms with Crippen LogP contribution in [0.3, 0.4) is 0 Å². The van der Waals surface area contributed by atoms with Gasteiger partial charge in [-0.3, -0.25) is 19.3 Å². The third-order valence-electron chi connectivity index (χ3n) is 7.09. The zero-order chi connectivity index (χ0) is 25.8. The van der Waals surface area contributed by atoms with E-state index in [4.69, 9.17) is 11.6 Å². The fraction of sp³-hybridized carbons (Fsp3) is 0.300. The number of hydrogen-bond acceptors (Lipinski definition) is 4. The minimum atomic E-state index is -0.522. The van der Waals surface area contributed by atoms with Crippen molar-refractivity contribution in [3.8, 4) is 0 Å². The van der Waals surface area contributed by atoms with Crippen LogP contribution in [0.5, 0.6) is 0 Å². The number of piperidine rings is 1. The molecule has 1 saturated heterocycles. The average molecular weight is 503 g/mol. The first-order chi connectivity index (χ1) is 17.3. The largest absolute Gasteiger partial charge is 0.348 e. The molecule has 1 fully saturated rings. The van der Waals surface area contributed by atoms with Crippen LogP contribution in [0.25, 0.3) is 0 Å². The van der Waals surface area contributed by atoms with Gasteiger partial charge < -0.3 is 4.90 Å². The van der Waals surface area contributed by atoms with Gasteiger partial charge >= 0.3 is 0 Å². The molecule has 0 bridgehead atoms. The van der Waals surface area contributed by atoms with Gasteiger partial charge in [-0.25, -0.2) is 0 Å². The molecule has 6 heteroatoms. The number of rotatable bonds is 7. The van der Waals surface area contributed by atoms with Crippen molar-refractivity contribution in [2.45, 2.75) is 12.8 Å². The highest BCUT2D eigenvalue weighted by atomic mass is 35.5. The van der Waals surface area contributed by atoms with Crippen LogP contribution in [0.1, 0.15) is 37.8 Å². The van der Waals surface area contributed by atoms with E-state index in [0.29, 0.717) is 29.2 Å². The molecule has 1 amide bonds. The molecule has 0 aromatic heterocycles. The quantitative estimate of drug-likeness (QED) is 0.420. The minimum absolute atomic E-state index is 0.0344. The van der Waals surface area contributed by atoms with E-state index in [0.717, 1.165) is 11.1 Å². The van der Waals surface area contributed by atoms with Crippen LogP contribution in [-0.4, -0.2) is 61.0 Å². The Labute approximate surface area is 217 Å². The maximum atomic E-state index is 14.0. The van der Waals surface area contributed by atoms with Crippen LogP contribution in [0, 0.1) is 18.8 Å². The lowest BCUT2D eigenvalue weighted by atomic mass is 9.68. The van der Waals surface area contributed by atoms with Gasteiger partial charge in [-0.15, -0.1) is 0 Å². The van der Waals surface area contributed by atoms with E-state index in [2.05, 4.69) is 0 Å². The number of carbonyl (C=O) groups excluding carboxylic acids is 3. The van der Waals surface area contributed by atoms with Gasteiger partial charge in [0.05, 0.1) is 6.54 Å². The fourth-order valence-electron chi connectivity index (χ4n) is 5.14. The molecule has 0 N–H and O–H groups in total. The van der Waals surface area contributed by atoms with Crippen LogP contribution in [0.15, 0.2) is 78.9 Å². The van der Waals surface area contributed by atoms with Gasteiger partial charge in [0.25, 0.3) is 0 Å². The lowest BCUT2D eigenvalue weighted by Gasteiger charge is -2.43. The molecule has 0 unspecified atom stereocenters. The van der Waals surface area contributed by atoms with Crippen molar-refractivity contribution in [1.29, 1.82) is 0 Å². The summed E-state index contributed by atoms with van der Waals surface area (Å²) in [7, 11) is 3.42. The van der Waals surface area contributed by atoms with Crippen molar-refractivity contribution in [1.82, 2.24) is 9.80 Å². The van der Waals surface area contributed by atoms with E-state index in [1.54, 1.807) is 14.1 Å². The molecule has 2 atom stereocenters. The Kier molecular flexibility index (Phi) is 8.02. The molecule has 36 heavy (non-hydrogen) atoms. The average Bonchev–Trinajstić information content (AvgIpc) is 2.90. The van der Waals surface area contributed by atoms with Crippen LogP contribution in [0.2, 0.25) is 5.02 Å². The van der Waals surface area contributed by atoms with Gasteiger partial charge in [0.15, 0.2) is 11.6 Å². The van der Waals surface area contributed by atoms with Crippen molar-refractivity contribution >= 4 is 29.1 Å². The molecular weight excluding hydrogens is 472 g/mol. The number of carbonyl (C=O) groups is 3. The summed E-state index contributed by atoms with van der Waals surface area (Å²) in [6, 6.07) is 24.0. The monoisotopic (exact) mass is 502 g/mol. The second-order valence-corrected chi connectivity index (χ2v) is 10.0. The predicted octanol–water partition coefficient (Wildman–Crippen LogP) is 5.13. The topological polar surface area (TPSA) is 57.7 Å². The summed E-state index contributed by atoms with van der Waals surface area (Å²) >= 11 is 6.52. The standard InChI is InChI=1S/C30H31ClN2O3/c1-20-23(15-10-16-26(20)31)28-24(29(35)21-11-6-4-7-12-21)17-33(19-27(34)32(2)3)18-25(28)30(36)22-13-8-5-9-14-22/h4-16,24-25,28H,17-19H2,1-3H3/t24-,25-/m0/s1. The molecule has 0 spiro atoms. The molecule has 3 aromatic carbocycles. The summed E-state index contributed by atoms with van der Waals surface area (Å²) in [6.07, 6.45) is 0. The van der Waals surface area contributed by atoms with E-state index in [-0.39, 0.29) is 29.9 Å². The Hall–Kier alpha value is -3.28. The third-order valence-corrected chi connectivity index (χ3v) is 7.50. The maximum absolute atomic E-state index is 14.0. The van der Waals surface area contributed by atoms with Crippen molar-refractivity contribution < 1.29 is 14.4 Å². The number of likely N-dealkylation sites (tertiary alicyclic amines) is 1. The smallest absolute Gasteiger partial charge is 0.236 e.